The highest BCUT2D eigenvalue weighted by Gasteiger charge is 2.33. The van der Waals surface area contributed by atoms with Crippen LogP contribution in [0.25, 0.3) is 5.52 Å². The fourth-order valence-electron chi connectivity index (χ4n) is 1.89. The van der Waals surface area contributed by atoms with E-state index in [9.17, 15) is 10.2 Å². The van der Waals surface area contributed by atoms with Crippen LogP contribution in [0.15, 0.2) is 18.6 Å². The third-order valence-corrected chi connectivity index (χ3v) is 3.17. The van der Waals surface area contributed by atoms with Gasteiger partial charge in [-0.15, -0.1) is 0 Å². The number of aromatic nitrogens is 3. The molecule has 0 radical (unpaired) electrons. The van der Waals surface area contributed by atoms with Crippen molar-refractivity contribution in [3.8, 4) is 5.75 Å². The van der Waals surface area contributed by atoms with Gasteiger partial charge in [0.15, 0.2) is 5.75 Å². The Labute approximate surface area is 98.1 Å². The molecule has 1 atom stereocenters. The Bertz CT molecular complexity index is 549. The van der Waals surface area contributed by atoms with Crippen LogP contribution < -0.4 is 4.90 Å². The van der Waals surface area contributed by atoms with Gasteiger partial charge < -0.3 is 15.1 Å². The van der Waals surface area contributed by atoms with Gasteiger partial charge in [0.25, 0.3) is 0 Å². The van der Waals surface area contributed by atoms with Crippen molar-refractivity contribution in [2.24, 2.45) is 5.92 Å². The van der Waals surface area contributed by atoms with Crippen molar-refractivity contribution in [2.75, 3.05) is 11.9 Å². The lowest BCUT2D eigenvalue weighted by molar-refractivity contribution is 0.151. The summed E-state index contributed by atoms with van der Waals surface area (Å²) in [5.41, 5.74) is 0.558. The first-order valence-electron chi connectivity index (χ1n) is 5.60. The van der Waals surface area contributed by atoms with Gasteiger partial charge in [0.2, 0.25) is 0 Å². The molecule has 6 nitrogen and oxygen atoms in total. The van der Waals surface area contributed by atoms with E-state index in [4.69, 9.17) is 0 Å². The zero-order valence-corrected chi connectivity index (χ0v) is 9.48. The number of anilines is 1. The molecule has 0 aliphatic heterocycles. The molecular formula is C11H14N4O2. The maximum absolute atomic E-state index is 10.00. The Hall–Kier alpha value is -1.82. The lowest BCUT2D eigenvalue weighted by atomic mass is 10.3. The minimum atomic E-state index is -0.496. The number of hydrogen-bond acceptors (Lipinski definition) is 5. The fourth-order valence-corrected chi connectivity index (χ4v) is 1.89. The van der Waals surface area contributed by atoms with Gasteiger partial charge in [-0.2, -0.15) is 5.10 Å². The molecule has 1 aliphatic carbocycles. The van der Waals surface area contributed by atoms with E-state index in [0.29, 0.717) is 17.3 Å². The summed E-state index contributed by atoms with van der Waals surface area (Å²) in [5, 5.41) is 23.5. The predicted molar refractivity (Wildman–Crippen MR) is 61.8 cm³/mol. The quantitative estimate of drug-likeness (QED) is 0.761. The Balaban J connectivity index is 1.94. The van der Waals surface area contributed by atoms with E-state index in [1.54, 1.807) is 28.9 Å². The largest absolute Gasteiger partial charge is 0.504 e. The average molecular weight is 234 g/mol. The molecular weight excluding hydrogens is 220 g/mol. The molecule has 90 valence electrons. The summed E-state index contributed by atoms with van der Waals surface area (Å²) in [6.07, 6.45) is 6.25. The van der Waals surface area contributed by atoms with Crippen LogP contribution in [-0.2, 0) is 0 Å². The van der Waals surface area contributed by atoms with Gasteiger partial charge in [-0.25, -0.2) is 9.50 Å². The summed E-state index contributed by atoms with van der Waals surface area (Å²) >= 11 is 0. The summed E-state index contributed by atoms with van der Waals surface area (Å²) in [5.74, 6) is 1.10. The fraction of sp³-hybridized carbons (Fsp3) is 0.455. The van der Waals surface area contributed by atoms with Crippen LogP contribution in [0.2, 0.25) is 0 Å². The Morgan fingerprint density at radius 1 is 1.47 bits per heavy atom. The summed E-state index contributed by atoms with van der Waals surface area (Å²) in [7, 11) is 1.81. The maximum atomic E-state index is 10.00. The zero-order valence-electron chi connectivity index (χ0n) is 9.48. The molecule has 2 heterocycles. The van der Waals surface area contributed by atoms with Crippen molar-refractivity contribution in [3.63, 3.8) is 0 Å². The van der Waals surface area contributed by atoms with E-state index >= 15 is 0 Å². The monoisotopic (exact) mass is 234 g/mol. The molecule has 6 heteroatoms. The van der Waals surface area contributed by atoms with Gasteiger partial charge in [0, 0.05) is 13.0 Å². The van der Waals surface area contributed by atoms with Crippen LogP contribution in [0.4, 0.5) is 5.82 Å². The average Bonchev–Trinajstić information content (AvgIpc) is 3.13. The normalized spacial score (nSPS) is 17.3. The topological polar surface area (TPSA) is 73.9 Å². The summed E-state index contributed by atoms with van der Waals surface area (Å²) in [6.45, 7) is 0. The molecule has 0 bridgehead atoms. The van der Waals surface area contributed by atoms with E-state index in [1.165, 1.54) is 6.20 Å². The number of nitrogens with zero attached hydrogens (tertiary/aromatic N) is 4. The Morgan fingerprint density at radius 2 is 2.24 bits per heavy atom. The van der Waals surface area contributed by atoms with Crippen molar-refractivity contribution in [1.29, 1.82) is 0 Å². The van der Waals surface area contributed by atoms with Crippen LogP contribution in [0.3, 0.4) is 0 Å². The SMILES string of the molecule is CN(c1cn2ncc(O)c2cn1)C(O)C1CC1. The molecule has 1 unspecified atom stereocenters. The zero-order chi connectivity index (χ0) is 12.0. The van der Waals surface area contributed by atoms with Crippen molar-refractivity contribution in [2.45, 2.75) is 19.1 Å². The molecule has 3 rings (SSSR count). The number of aliphatic hydroxyl groups is 1. The maximum Gasteiger partial charge on any atom is 0.163 e. The molecule has 0 saturated heterocycles. The number of fused-ring (bicyclic) bond motifs is 1. The van der Waals surface area contributed by atoms with Gasteiger partial charge in [-0.3, -0.25) is 0 Å². The molecule has 2 N–H and O–H groups in total. The van der Waals surface area contributed by atoms with E-state index in [-0.39, 0.29) is 5.75 Å². The minimum absolute atomic E-state index is 0.106. The highest BCUT2D eigenvalue weighted by Crippen LogP contribution is 2.34. The first-order chi connectivity index (χ1) is 8.16. The van der Waals surface area contributed by atoms with Crippen LogP contribution in [-0.4, -0.2) is 38.1 Å². The summed E-state index contributed by atoms with van der Waals surface area (Å²) < 4.78 is 1.55. The van der Waals surface area contributed by atoms with Crippen LogP contribution in [0.1, 0.15) is 12.8 Å². The van der Waals surface area contributed by atoms with Gasteiger partial charge in [-0.1, -0.05) is 0 Å². The number of hydrogen-bond donors (Lipinski definition) is 2. The molecule has 17 heavy (non-hydrogen) atoms. The highest BCUT2D eigenvalue weighted by atomic mass is 16.3. The highest BCUT2D eigenvalue weighted by molar-refractivity contribution is 5.58. The van der Waals surface area contributed by atoms with E-state index < -0.39 is 6.23 Å². The first kappa shape index (κ1) is 10.3. The Kier molecular flexibility index (Phi) is 2.19. The standard InChI is InChI=1S/C11H14N4O2/c1-14(11(17)7-2-3-7)10-6-15-8(4-12-10)9(16)5-13-15/h4-7,11,16-17H,2-3H2,1H3. The molecule has 0 amide bonds. The van der Waals surface area contributed by atoms with Crippen molar-refractivity contribution in [1.82, 2.24) is 14.6 Å². The second-order valence-electron chi connectivity index (χ2n) is 4.47. The first-order valence-corrected chi connectivity index (χ1v) is 5.60. The second kappa shape index (κ2) is 3.59. The Morgan fingerprint density at radius 3 is 2.94 bits per heavy atom. The third-order valence-electron chi connectivity index (χ3n) is 3.17. The lowest BCUT2D eigenvalue weighted by Crippen LogP contribution is -2.33. The minimum Gasteiger partial charge on any atom is -0.504 e. The third kappa shape index (κ3) is 1.70. The van der Waals surface area contributed by atoms with Crippen molar-refractivity contribution >= 4 is 11.3 Å². The molecule has 0 spiro atoms. The summed E-state index contributed by atoms with van der Waals surface area (Å²) in [4.78, 5) is 5.95. The molecule has 2 aromatic heterocycles. The smallest absolute Gasteiger partial charge is 0.163 e. The van der Waals surface area contributed by atoms with E-state index in [1.807, 2.05) is 0 Å². The molecule has 2 aromatic rings. The predicted octanol–water partition coefficient (Wildman–Crippen LogP) is 0.599. The second-order valence-corrected chi connectivity index (χ2v) is 4.47. The van der Waals surface area contributed by atoms with Gasteiger partial charge in [-0.05, 0) is 12.8 Å². The molecule has 1 aliphatic rings. The van der Waals surface area contributed by atoms with Gasteiger partial charge in [0.1, 0.15) is 17.6 Å². The summed E-state index contributed by atoms with van der Waals surface area (Å²) in [6, 6.07) is 0. The molecule has 1 fully saturated rings. The molecule has 1 saturated carbocycles. The van der Waals surface area contributed by atoms with Crippen LogP contribution >= 0.6 is 0 Å². The molecule has 0 aromatic carbocycles. The van der Waals surface area contributed by atoms with E-state index in [0.717, 1.165) is 12.8 Å². The van der Waals surface area contributed by atoms with Gasteiger partial charge in [0.05, 0.1) is 18.6 Å². The number of aromatic hydroxyl groups is 1. The van der Waals surface area contributed by atoms with E-state index in [2.05, 4.69) is 10.1 Å². The van der Waals surface area contributed by atoms with Crippen molar-refractivity contribution < 1.29 is 10.2 Å². The lowest BCUT2D eigenvalue weighted by Gasteiger charge is -2.24. The van der Waals surface area contributed by atoms with Crippen LogP contribution in [0.5, 0.6) is 5.75 Å². The van der Waals surface area contributed by atoms with Crippen molar-refractivity contribution in [3.05, 3.63) is 18.6 Å². The van der Waals surface area contributed by atoms with Crippen LogP contribution in [0, 0.1) is 5.92 Å². The number of aliphatic hydroxyl groups excluding tert-OH is 1. The van der Waals surface area contributed by atoms with Gasteiger partial charge >= 0.3 is 0 Å². The number of rotatable bonds is 3.